The van der Waals surface area contributed by atoms with Gasteiger partial charge >= 0.3 is 0 Å². The van der Waals surface area contributed by atoms with Crippen LogP contribution in [0.25, 0.3) is 0 Å². The Morgan fingerprint density at radius 3 is 1.16 bits per heavy atom. The number of aliphatic hydroxyl groups is 8. The number of rotatable bonds is 66. The first-order valence-electron chi connectivity index (χ1n) is 39.7. The van der Waals surface area contributed by atoms with E-state index in [-0.39, 0.29) is 18.9 Å². The van der Waals surface area contributed by atoms with E-state index >= 15 is 0 Å². The van der Waals surface area contributed by atoms with Gasteiger partial charge in [0.1, 0.15) is 48.8 Å². The highest BCUT2D eigenvalue weighted by atomic mass is 16.7. The summed E-state index contributed by atoms with van der Waals surface area (Å²) in [6.45, 7) is 2.72. The number of nitrogens with one attached hydrogen (secondary N) is 1. The van der Waals surface area contributed by atoms with Crippen LogP contribution in [-0.2, 0) is 23.7 Å². The molecule has 0 aromatic rings. The molecule has 9 N–H and O–H groups in total. The van der Waals surface area contributed by atoms with E-state index in [2.05, 4.69) is 79.9 Å². The highest BCUT2D eigenvalue weighted by molar-refractivity contribution is 5.76. The van der Waals surface area contributed by atoms with E-state index in [0.29, 0.717) is 12.8 Å². The van der Waals surface area contributed by atoms with Gasteiger partial charge in [0, 0.05) is 6.42 Å². The molecule has 2 fully saturated rings. The van der Waals surface area contributed by atoms with Gasteiger partial charge in [-0.15, -0.1) is 0 Å². The first-order valence-corrected chi connectivity index (χ1v) is 39.7. The number of hydrogen-bond acceptors (Lipinski definition) is 13. The zero-order valence-electron chi connectivity index (χ0n) is 60.7. The number of carbonyl (C=O) groups is 1. The predicted molar refractivity (Wildman–Crippen MR) is 392 cm³/mol. The molecule has 1 amide bonds. The largest absolute Gasteiger partial charge is 0.394 e. The lowest BCUT2D eigenvalue weighted by Crippen LogP contribution is -2.65. The van der Waals surface area contributed by atoms with E-state index in [1.165, 1.54) is 250 Å². The molecule has 0 spiro atoms. The summed E-state index contributed by atoms with van der Waals surface area (Å²) in [5.41, 5.74) is 0. The first-order chi connectivity index (χ1) is 46.6. The monoisotopic (exact) mass is 1340 g/mol. The zero-order valence-corrected chi connectivity index (χ0v) is 60.7. The molecular weight excluding hydrogens is 1190 g/mol. The van der Waals surface area contributed by atoms with Crippen LogP contribution in [0.3, 0.4) is 0 Å². The van der Waals surface area contributed by atoms with Crippen LogP contribution in [0, 0.1) is 0 Å². The van der Waals surface area contributed by atoms with Crippen molar-refractivity contribution < 1.29 is 64.6 Å². The van der Waals surface area contributed by atoms with Gasteiger partial charge < -0.3 is 65.1 Å². The smallest absolute Gasteiger partial charge is 0.220 e. The molecule has 0 aromatic heterocycles. The van der Waals surface area contributed by atoms with Crippen LogP contribution in [-0.4, -0.2) is 140 Å². The Balaban J connectivity index is 1.58. The Bertz CT molecular complexity index is 1870. The molecule has 0 aromatic carbocycles. The molecule has 12 unspecified atom stereocenters. The quantitative estimate of drug-likeness (QED) is 0.0204. The minimum absolute atomic E-state index is 0.243. The fourth-order valence-corrected chi connectivity index (χ4v) is 12.9. The Labute approximate surface area is 580 Å². The molecule has 0 bridgehead atoms. The van der Waals surface area contributed by atoms with Crippen molar-refractivity contribution in [2.24, 2.45) is 0 Å². The van der Waals surface area contributed by atoms with Crippen molar-refractivity contribution >= 4 is 5.91 Å². The second-order valence-corrected chi connectivity index (χ2v) is 27.8. The maximum atomic E-state index is 13.4. The number of amides is 1. The Hall–Kier alpha value is -2.57. The van der Waals surface area contributed by atoms with Gasteiger partial charge in [-0.2, -0.15) is 0 Å². The average molecular weight is 1340 g/mol. The summed E-state index contributed by atoms with van der Waals surface area (Å²) in [6.07, 6.45) is 72.8. The van der Waals surface area contributed by atoms with Crippen molar-refractivity contribution in [2.75, 3.05) is 19.8 Å². The van der Waals surface area contributed by atoms with Crippen LogP contribution >= 0.6 is 0 Å². The van der Waals surface area contributed by atoms with Crippen molar-refractivity contribution in [2.45, 2.75) is 415 Å². The lowest BCUT2D eigenvalue weighted by molar-refractivity contribution is -0.359. The van der Waals surface area contributed by atoms with Crippen molar-refractivity contribution in [1.82, 2.24) is 5.32 Å². The molecule has 14 heteroatoms. The number of aliphatic hydroxyl groups excluding tert-OH is 8. The lowest BCUT2D eigenvalue weighted by Gasteiger charge is -2.46. The van der Waals surface area contributed by atoms with Gasteiger partial charge in [-0.1, -0.05) is 337 Å². The van der Waals surface area contributed by atoms with E-state index in [4.69, 9.17) is 18.9 Å². The molecule has 2 heterocycles. The normalized spacial score (nSPS) is 22.7. The highest BCUT2D eigenvalue weighted by Crippen LogP contribution is 2.30. The van der Waals surface area contributed by atoms with Gasteiger partial charge in [0.15, 0.2) is 12.6 Å². The summed E-state index contributed by atoms with van der Waals surface area (Å²) in [7, 11) is 0. The summed E-state index contributed by atoms with van der Waals surface area (Å²) < 4.78 is 22.9. The Morgan fingerprint density at radius 2 is 0.737 bits per heavy atom. The summed E-state index contributed by atoms with van der Waals surface area (Å²) in [5, 5.41) is 87.6. The second kappa shape index (κ2) is 64.8. The average Bonchev–Trinajstić information content (AvgIpc) is 0.801. The van der Waals surface area contributed by atoms with E-state index < -0.39 is 86.8 Å². The number of unbranched alkanes of at least 4 members (excludes halogenated alkanes) is 43. The number of ether oxygens (including phenoxy) is 4. The standard InChI is InChI=1S/C81H147NO13/c1-3-5-7-9-11-13-15-17-19-21-23-25-27-28-29-30-31-32-33-34-35-36-37-38-39-40-41-42-43-45-47-49-51-53-55-57-59-61-63-65-73(86)82-69(68-92-80-78(91)76(89)79(72(67-84)94-80)95-81-77(90)75(88)74(87)71(66-83)93-81)70(85)64-62-60-58-56-54-52-50-48-46-44-26-24-22-20-18-16-14-12-10-8-6-4-2/h5,7,11,13,17,19,23,25,54,56,62,64,69-72,74-81,83-85,87-91H,3-4,6,8-10,12,14-16,18,20-22,24,26-53,55,57-61,63,65-68H2,1-2H3,(H,82,86)/b7-5-,13-11-,19-17-,25-23-,56-54+,64-62+. The van der Waals surface area contributed by atoms with Crippen LogP contribution in [0.1, 0.15) is 341 Å². The molecule has 2 saturated heterocycles. The fraction of sp³-hybridized carbons (Fsp3) is 0.840. The third kappa shape index (κ3) is 48.0. The minimum Gasteiger partial charge on any atom is -0.394 e. The maximum Gasteiger partial charge on any atom is 0.220 e. The molecular formula is C81H147NO13. The van der Waals surface area contributed by atoms with Crippen molar-refractivity contribution in [3.8, 4) is 0 Å². The molecule has 2 aliphatic rings. The third-order valence-corrected chi connectivity index (χ3v) is 19.1. The van der Waals surface area contributed by atoms with Crippen molar-refractivity contribution in [3.63, 3.8) is 0 Å². The molecule has 12 atom stereocenters. The highest BCUT2D eigenvalue weighted by Gasteiger charge is 2.51. The molecule has 14 nitrogen and oxygen atoms in total. The van der Waals surface area contributed by atoms with E-state index in [0.717, 1.165) is 57.8 Å². The predicted octanol–water partition coefficient (Wildman–Crippen LogP) is 17.7. The van der Waals surface area contributed by atoms with Gasteiger partial charge in [-0.05, 0) is 70.6 Å². The van der Waals surface area contributed by atoms with E-state index in [9.17, 15) is 45.6 Å². The summed E-state index contributed by atoms with van der Waals surface area (Å²) in [6, 6.07) is -0.933. The van der Waals surface area contributed by atoms with Crippen molar-refractivity contribution in [3.05, 3.63) is 72.9 Å². The maximum absolute atomic E-state index is 13.4. The zero-order chi connectivity index (χ0) is 68.7. The number of hydrogen-bond donors (Lipinski definition) is 9. The van der Waals surface area contributed by atoms with Gasteiger partial charge in [0.2, 0.25) is 5.91 Å². The van der Waals surface area contributed by atoms with Gasteiger partial charge in [-0.3, -0.25) is 4.79 Å². The summed E-state index contributed by atoms with van der Waals surface area (Å²) >= 11 is 0. The molecule has 2 rings (SSSR count). The van der Waals surface area contributed by atoms with Crippen LogP contribution in [0.5, 0.6) is 0 Å². The molecule has 0 saturated carbocycles. The lowest BCUT2D eigenvalue weighted by atomic mass is 9.97. The van der Waals surface area contributed by atoms with Crippen LogP contribution in [0.2, 0.25) is 0 Å². The minimum atomic E-state index is -1.79. The third-order valence-electron chi connectivity index (χ3n) is 19.1. The summed E-state index contributed by atoms with van der Waals surface area (Å²) in [4.78, 5) is 13.4. The van der Waals surface area contributed by atoms with Crippen LogP contribution in [0.4, 0.5) is 0 Å². The molecule has 95 heavy (non-hydrogen) atoms. The molecule has 554 valence electrons. The van der Waals surface area contributed by atoms with Crippen LogP contribution in [0.15, 0.2) is 72.9 Å². The van der Waals surface area contributed by atoms with E-state index in [1.54, 1.807) is 6.08 Å². The Morgan fingerprint density at radius 1 is 0.389 bits per heavy atom. The number of carbonyl (C=O) groups excluding carboxylic acids is 1. The second-order valence-electron chi connectivity index (χ2n) is 27.8. The SMILES string of the molecule is CC/C=C\C/C=C\C/C=C\C/C=C\CCCCCCCCCCCCCCCCCCCCCCCCCCCCC(=O)NC(COC1OC(CO)C(OC2OC(CO)C(O)C(O)C2O)C(O)C1O)C(O)/C=C/CC/C=C/CCCCCCCCCCCCCCCCCC. The Kier molecular flexibility index (Phi) is 60.4. The van der Waals surface area contributed by atoms with E-state index in [1.807, 2.05) is 6.08 Å². The van der Waals surface area contributed by atoms with Gasteiger partial charge in [0.05, 0.1) is 32.0 Å². The molecule has 0 radical (unpaired) electrons. The van der Waals surface area contributed by atoms with Crippen molar-refractivity contribution in [1.29, 1.82) is 0 Å². The number of allylic oxidation sites excluding steroid dienone is 11. The topological polar surface area (TPSA) is 228 Å². The van der Waals surface area contributed by atoms with Gasteiger partial charge in [-0.25, -0.2) is 0 Å². The summed E-state index contributed by atoms with van der Waals surface area (Å²) in [5.74, 6) is -0.243. The van der Waals surface area contributed by atoms with Gasteiger partial charge in [0.25, 0.3) is 0 Å². The molecule has 0 aliphatic carbocycles. The van der Waals surface area contributed by atoms with Crippen LogP contribution < -0.4 is 5.32 Å². The first kappa shape index (κ1) is 88.5. The fourth-order valence-electron chi connectivity index (χ4n) is 12.9. The molecule has 2 aliphatic heterocycles.